The van der Waals surface area contributed by atoms with Crippen LogP contribution in [0.5, 0.6) is 0 Å². The summed E-state index contributed by atoms with van der Waals surface area (Å²) in [7, 11) is 0. The van der Waals surface area contributed by atoms with Gasteiger partial charge in [0.2, 0.25) is 5.91 Å². The van der Waals surface area contributed by atoms with Gasteiger partial charge < -0.3 is 19.7 Å². The monoisotopic (exact) mass is 386 g/mol. The van der Waals surface area contributed by atoms with Crippen LogP contribution in [0.1, 0.15) is 24.8 Å². The first kappa shape index (κ1) is 18.9. The third kappa shape index (κ3) is 5.56. The minimum atomic E-state index is 0.143. The number of nitrogens with zero attached hydrogens (tertiary/aromatic N) is 1. The molecular formula is C18H24Cl2N2O3. The Morgan fingerprint density at radius 2 is 2.08 bits per heavy atom. The molecule has 0 bridgehead atoms. The van der Waals surface area contributed by atoms with Gasteiger partial charge in [-0.1, -0.05) is 29.3 Å². The smallest absolute Gasteiger partial charge is 0.224 e. The third-order valence-corrected chi connectivity index (χ3v) is 5.42. The lowest BCUT2D eigenvalue weighted by atomic mass is 10.1. The fraction of sp³-hybridized carbons (Fsp3) is 0.611. The average Bonchev–Trinajstić information content (AvgIpc) is 2.64. The highest BCUT2D eigenvalue weighted by atomic mass is 35.5. The molecule has 0 saturated carbocycles. The number of halogens is 2. The number of carbonyl (C=O) groups excluding carboxylic acids is 1. The fourth-order valence-corrected chi connectivity index (χ4v) is 3.53. The Morgan fingerprint density at radius 3 is 2.76 bits per heavy atom. The van der Waals surface area contributed by atoms with Crippen molar-refractivity contribution < 1.29 is 14.3 Å². The van der Waals surface area contributed by atoms with E-state index < -0.39 is 0 Å². The first-order valence-corrected chi connectivity index (χ1v) is 9.52. The van der Waals surface area contributed by atoms with E-state index in [1.807, 2.05) is 17.0 Å². The largest absolute Gasteiger partial charge is 0.378 e. The van der Waals surface area contributed by atoms with Gasteiger partial charge >= 0.3 is 0 Å². The standard InChI is InChI=1S/C18H24Cl2N2O3/c19-16-2-1-13(9-17(16)20)11-25-15-3-6-22(7-4-15)18(23)10-14-12-24-8-5-21-14/h1-2,9,14-15,21H,3-8,10-12H2. The molecule has 1 atom stereocenters. The molecule has 2 fully saturated rings. The van der Waals surface area contributed by atoms with Crippen LogP contribution >= 0.6 is 23.2 Å². The first-order valence-electron chi connectivity index (χ1n) is 8.76. The molecule has 2 saturated heterocycles. The second kappa shape index (κ2) is 9.19. The number of nitrogens with one attached hydrogen (secondary N) is 1. The van der Waals surface area contributed by atoms with Crippen LogP contribution in [0.4, 0.5) is 0 Å². The quantitative estimate of drug-likeness (QED) is 0.844. The molecule has 7 heteroatoms. The predicted octanol–water partition coefficient (Wildman–Crippen LogP) is 2.88. The van der Waals surface area contributed by atoms with Gasteiger partial charge in [0.15, 0.2) is 0 Å². The highest BCUT2D eigenvalue weighted by Gasteiger charge is 2.25. The van der Waals surface area contributed by atoms with Gasteiger partial charge in [-0.3, -0.25) is 4.79 Å². The van der Waals surface area contributed by atoms with Crippen molar-refractivity contribution in [2.24, 2.45) is 0 Å². The van der Waals surface area contributed by atoms with E-state index in [0.717, 1.165) is 44.6 Å². The van der Waals surface area contributed by atoms with Crippen LogP contribution in [0.15, 0.2) is 18.2 Å². The Bertz CT molecular complexity index is 586. The van der Waals surface area contributed by atoms with Gasteiger partial charge in [0.25, 0.3) is 0 Å². The Morgan fingerprint density at radius 1 is 1.28 bits per heavy atom. The average molecular weight is 387 g/mol. The number of carbonyl (C=O) groups is 1. The zero-order valence-corrected chi connectivity index (χ0v) is 15.7. The molecule has 1 unspecified atom stereocenters. The maximum atomic E-state index is 12.4. The van der Waals surface area contributed by atoms with E-state index in [4.69, 9.17) is 32.7 Å². The summed E-state index contributed by atoms with van der Waals surface area (Å²) < 4.78 is 11.4. The lowest BCUT2D eigenvalue weighted by Crippen LogP contribution is -2.47. The van der Waals surface area contributed by atoms with E-state index in [-0.39, 0.29) is 18.1 Å². The molecule has 1 N–H and O–H groups in total. The number of ether oxygens (including phenoxy) is 2. The van der Waals surface area contributed by atoms with Crippen LogP contribution < -0.4 is 5.32 Å². The minimum absolute atomic E-state index is 0.143. The van der Waals surface area contributed by atoms with E-state index in [1.165, 1.54) is 0 Å². The molecule has 2 aliphatic rings. The molecule has 1 aromatic rings. The number of benzene rings is 1. The molecule has 5 nitrogen and oxygen atoms in total. The number of likely N-dealkylation sites (tertiary alicyclic amines) is 1. The Hall–Kier alpha value is -0.850. The van der Waals surface area contributed by atoms with Crippen molar-refractivity contribution >= 4 is 29.1 Å². The highest BCUT2D eigenvalue weighted by Crippen LogP contribution is 2.24. The summed E-state index contributed by atoms with van der Waals surface area (Å²) >= 11 is 11.9. The van der Waals surface area contributed by atoms with Crippen LogP contribution in [0, 0.1) is 0 Å². The van der Waals surface area contributed by atoms with Crippen molar-refractivity contribution in [3.63, 3.8) is 0 Å². The van der Waals surface area contributed by atoms with Crippen molar-refractivity contribution in [2.45, 2.75) is 38.0 Å². The van der Waals surface area contributed by atoms with Crippen LogP contribution in [0.3, 0.4) is 0 Å². The molecule has 25 heavy (non-hydrogen) atoms. The lowest BCUT2D eigenvalue weighted by molar-refractivity contribution is -0.135. The summed E-state index contributed by atoms with van der Waals surface area (Å²) in [6.45, 7) is 4.18. The SMILES string of the molecule is O=C(CC1COCCN1)N1CCC(OCc2ccc(Cl)c(Cl)c2)CC1. The van der Waals surface area contributed by atoms with Crippen molar-refractivity contribution in [1.29, 1.82) is 0 Å². The summed E-state index contributed by atoms with van der Waals surface area (Å²) in [6.07, 6.45) is 2.41. The molecule has 0 radical (unpaired) electrons. The number of piperidine rings is 1. The van der Waals surface area contributed by atoms with Crippen LogP contribution in [0.25, 0.3) is 0 Å². The number of hydrogen-bond acceptors (Lipinski definition) is 4. The van der Waals surface area contributed by atoms with E-state index in [1.54, 1.807) is 6.07 Å². The highest BCUT2D eigenvalue weighted by molar-refractivity contribution is 6.42. The van der Waals surface area contributed by atoms with E-state index >= 15 is 0 Å². The molecule has 2 aliphatic heterocycles. The number of amides is 1. The van der Waals surface area contributed by atoms with Crippen molar-refractivity contribution in [3.8, 4) is 0 Å². The number of hydrogen-bond donors (Lipinski definition) is 1. The Kier molecular flexibility index (Phi) is 6.96. The van der Waals surface area contributed by atoms with Gasteiger partial charge in [-0.2, -0.15) is 0 Å². The zero-order valence-electron chi connectivity index (χ0n) is 14.2. The van der Waals surface area contributed by atoms with Crippen molar-refractivity contribution in [2.75, 3.05) is 32.8 Å². The first-order chi connectivity index (χ1) is 12.1. The summed E-state index contributed by atoms with van der Waals surface area (Å²) in [6, 6.07) is 5.69. The molecule has 0 aliphatic carbocycles. The molecule has 0 spiro atoms. The maximum absolute atomic E-state index is 12.4. The van der Waals surface area contributed by atoms with Crippen LogP contribution in [-0.2, 0) is 20.9 Å². The van der Waals surface area contributed by atoms with Gasteiger partial charge in [-0.15, -0.1) is 0 Å². The zero-order chi connectivity index (χ0) is 17.6. The van der Waals surface area contributed by atoms with Gasteiger partial charge in [-0.05, 0) is 30.5 Å². The third-order valence-electron chi connectivity index (χ3n) is 4.68. The van der Waals surface area contributed by atoms with E-state index in [0.29, 0.717) is 29.7 Å². The summed E-state index contributed by atoms with van der Waals surface area (Å²) in [5.41, 5.74) is 1.01. The number of morpholine rings is 1. The summed E-state index contributed by atoms with van der Waals surface area (Å²) in [4.78, 5) is 14.3. The van der Waals surface area contributed by atoms with Gasteiger partial charge in [0, 0.05) is 32.1 Å². The second-order valence-corrected chi connectivity index (χ2v) is 7.38. The fourth-order valence-electron chi connectivity index (χ4n) is 3.21. The van der Waals surface area contributed by atoms with Gasteiger partial charge in [-0.25, -0.2) is 0 Å². The summed E-state index contributed by atoms with van der Waals surface area (Å²) in [5, 5.41) is 4.42. The lowest BCUT2D eigenvalue weighted by Gasteiger charge is -2.33. The van der Waals surface area contributed by atoms with E-state index in [9.17, 15) is 4.79 Å². The molecule has 2 heterocycles. The maximum Gasteiger partial charge on any atom is 0.224 e. The Labute approximate surface area is 158 Å². The van der Waals surface area contributed by atoms with E-state index in [2.05, 4.69) is 5.32 Å². The normalized spacial score (nSPS) is 22.2. The number of rotatable bonds is 5. The molecule has 138 valence electrons. The minimum Gasteiger partial charge on any atom is -0.378 e. The Balaban J connectivity index is 1.39. The molecular weight excluding hydrogens is 363 g/mol. The molecule has 3 rings (SSSR count). The van der Waals surface area contributed by atoms with Crippen LogP contribution in [0.2, 0.25) is 10.0 Å². The topological polar surface area (TPSA) is 50.8 Å². The predicted molar refractivity (Wildman–Crippen MR) is 98.1 cm³/mol. The van der Waals surface area contributed by atoms with Gasteiger partial charge in [0.1, 0.15) is 0 Å². The molecule has 1 aromatic carbocycles. The van der Waals surface area contributed by atoms with Crippen molar-refractivity contribution in [1.82, 2.24) is 10.2 Å². The molecule has 1 amide bonds. The summed E-state index contributed by atoms with van der Waals surface area (Å²) in [5.74, 6) is 0.200. The molecule has 0 aromatic heterocycles. The second-order valence-electron chi connectivity index (χ2n) is 6.57. The van der Waals surface area contributed by atoms with Gasteiger partial charge in [0.05, 0.1) is 36.0 Å². The van der Waals surface area contributed by atoms with Crippen molar-refractivity contribution in [3.05, 3.63) is 33.8 Å². The van der Waals surface area contributed by atoms with Crippen LogP contribution in [-0.4, -0.2) is 55.8 Å².